The molecule has 0 aliphatic rings. The van der Waals surface area contributed by atoms with Gasteiger partial charge in [-0.3, -0.25) is 4.79 Å². The maximum absolute atomic E-state index is 12.6. The molecule has 20 heavy (non-hydrogen) atoms. The average molecular weight is 415 g/mol. The molecule has 1 N–H and O–H groups in total. The number of alkyl halides is 6. The van der Waals surface area contributed by atoms with E-state index in [2.05, 4.69) is 9.72 Å². The zero-order chi connectivity index (χ0) is 15.7. The van der Waals surface area contributed by atoms with Crippen LogP contribution in [0.4, 0.5) is 26.3 Å². The van der Waals surface area contributed by atoms with Gasteiger partial charge in [-0.1, -0.05) is 0 Å². The van der Waals surface area contributed by atoms with Crippen molar-refractivity contribution in [2.45, 2.75) is 19.0 Å². The minimum atomic E-state index is -5.19. The molecule has 0 aromatic carbocycles. The number of aliphatic carboxylic acids is 1. The van der Waals surface area contributed by atoms with E-state index in [4.69, 9.17) is 5.11 Å². The molecule has 1 rings (SSSR count). The van der Waals surface area contributed by atoms with Crippen LogP contribution in [0, 0.1) is 3.70 Å². The summed E-state index contributed by atoms with van der Waals surface area (Å²) in [5, 5.41) is 8.50. The van der Waals surface area contributed by atoms with Crippen molar-refractivity contribution in [2.24, 2.45) is 0 Å². The van der Waals surface area contributed by atoms with Crippen LogP contribution in [0.25, 0.3) is 0 Å². The topological polar surface area (TPSA) is 59.4 Å². The van der Waals surface area contributed by atoms with E-state index in [1.807, 2.05) is 0 Å². The summed E-state index contributed by atoms with van der Waals surface area (Å²) in [6.45, 7) is 0. The van der Waals surface area contributed by atoms with Gasteiger partial charge in [0.15, 0.2) is 0 Å². The zero-order valence-electron chi connectivity index (χ0n) is 9.14. The predicted molar refractivity (Wildman–Crippen MR) is 60.0 cm³/mol. The summed E-state index contributed by atoms with van der Waals surface area (Å²) in [6, 6.07) is 0.282. The Morgan fingerprint density at radius 1 is 1.30 bits per heavy atom. The molecule has 112 valence electrons. The quantitative estimate of drug-likeness (QED) is 0.468. The summed E-state index contributed by atoms with van der Waals surface area (Å²) in [7, 11) is 0. The first-order valence-corrected chi connectivity index (χ1v) is 5.72. The predicted octanol–water partition coefficient (Wildman–Crippen LogP) is 3.23. The largest absolute Gasteiger partial charge is 0.574 e. The van der Waals surface area contributed by atoms with Gasteiger partial charge in [-0.05, 0) is 28.7 Å². The van der Waals surface area contributed by atoms with Gasteiger partial charge >= 0.3 is 18.5 Å². The van der Waals surface area contributed by atoms with E-state index in [0.29, 0.717) is 0 Å². The zero-order valence-corrected chi connectivity index (χ0v) is 11.3. The van der Waals surface area contributed by atoms with Gasteiger partial charge in [0.05, 0.1) is 12.0 Å². The molecular weight excluding hydrogens is 411 g/mol. The molecule has 1 heterocycles. The smallest absolute Gasteiger partial charge is 0.481 e. The summed E-state index contributed by atoms with van der Waals surface area (Å²) in [5.74, 6) is -2.83. The number of aromatic nitrogens is 1. The number of hydrogen-bond donors (Lipinski definition) is 1. The van der Waals surface area contributed by atoms with Gasteiger partial charge in [0.1, 0.15) is 3.70 Å². The maximum atomic E-state index is 12.6. The van der Waals surface area contributed by atoms with E-state index < -0.39 is 45.6 Å². The first kappa shape index (κ1) is 16.8. The van der Waals surface area contributed by atoms with E-state index in [1.54, 1.807) is 0 Å². The Bertz CT molecular complexity index is 528. The molecule has 0 fully saturated rings. The average Bonchev–Trinajstić information content (AvgIpc) is 2.16. The van der Waals surface area contributed by atoms with Crippen LogP contribution in [0.2, 0.25) is 0 Å². The van der Waals surface area contributed by atoms with Crippen molar-refractivity contribution in [3.05, 3.63) is 20.9 Å². The monoisotopic (exact) mass is 415 g/mol. The lowest BCUT2D eigenvalue weighted by molar-refractivity contribution is -0.276. The number of pyridine rings is 1. The molecule has 0 spiro atoms. The highest BCUT2D eigenvalue weighted by molar-refractivity contribution is 14.1. The third kappa shape index (κ3) is 4.68. The number of carboxylic acid groups (broad SMARTS) is 1. The molecule has 0 saturated carbocycles. The minimum Gasteiger partial charge on any atom is -0.481 e. The molecular formula is C9H4F6INO3. The van der Waals surface area contributed by atoms with Gasteiger partial charge < -0.3 is 9.84 Å². The molecule has 0 atom stereocenters. The number of ether oxygens (including phenoxy) is 1. The maximum Gasteiger partial charge on any atom is 0.574 e. The Morgan fingerprint density at radius 2 is 1.85 bits per heavy atom. The van der Waals surface area contributed by atoms with Crippen LogP contribution in [0.3, 0.4) is 0 Å². The van der Waals surface area contributed by atoms with Crippen molar-refractivity contribution in [1.29, 1.82) is 0 Å². The highest BCUT2D eigenvalue weighted by Gasteiger charge is 2.38. The number of rotatable bonds is 3. The highest BCUT2D eigenvalue weighted by atomic mass is 127. The lowest BCUT2D eigenvalue weighted by atomic mass is 10.1. The molecule has 0 aliphatic carbocycles. The van der Waals surface area contributed by atoms with E-state index >= 15 is 0 Å². The summed E-state index contributed by atoms with van der Waals surface area (Å²) < 4.78 is 76.7. The van der Waals surface area contributed by atoms with Crippen LogP contribution < -0.4 is 4.74 Å². The van der Waals surface area contributed by atoms with Gasteiger partial charge in [0, 0.05) is 5.56 Å². The number of carboxylic acids is 1. The molecule has 4 nitrogen and oxygen atoms in total. The molecule has 0 aliphatic heterocycles. The van der Waals surface area contributed by atoms with Gasteiger partial charge in [0.2, 0.25) is 5.88 Å². The van der Waals surface area contributed by atoms with E-state index in [9.17, 15) is 31.1 Å². The van der Waals surface area contributed by atoms with Gasteiger partial charge in [-0.15, -0.1) is 13.2 Å². The fraction of sp³-hybridized carbons (Fsp3) is 0.333. The summed E-state index contributed by atoms with van der Waals surface area (Å²) >= 11 is 1.09. The Hall–Kier alpha value is -1.27. The first-order valence-electron chi connectivity index (χ1n) is 4.64. The van der Waals surface area contributed by atoms with E-state index in [0.717, 1.165) is 22.6 Å². The standard InChI is InChI=1S/C9H4F6INO3/c10-8(11,12)4-1-3(2-5(18)19)7(17-6(4)16)20-9(13,14)15/h1H,2H2,(H,18,19). The summed E-state index contributed by atoms with van der Waals surface area (Å²) in [4.78, 5) is 13.5. The van der Waals surface area contributed by atoms with Crippen molar-refractivity contribution >= 4 is 28.6 Å². The number of carbonyl (C=O) groups is 1. The van der Waals surface area contributed by atoms with Crippen LogP contribution in [0.1, 0.15) is 11.1 Å². The SMILES string of the molecule is O=C(O)Cc1cc(C(F)(F)F)c(I)nc1OC(F)(F)F. The molecule has 1 aromatic rings. The fourth-order valence-corrected chi connectivity index (χ4v) is 1.88. The van der Waals surface area contributed by atoms with Crippen LogP contribution in [0.15, 0.2) is 6.07 Å². The van der Waals surface area contributed by atoms with Gasteiger partial charge in [-0.25, -0.2) is 4.98 Å². The fourth-order valence-electron chi connectivity index (χ4n) is 1.20. The molecule has 1 aromatic heterocycles. The molecule has 11 heteroatoms. The van der Waals surface area contributed by atoms with Crippen molar-refractivity contribution in [3.8, 4) is 5.88 Å². The Morgan fingerprint density at radius 3 is 2.25 bits per heavy atom. The van der Waals surface area contributed by atoms with Crippen LogP contribution in [-0.2, 0) is 17.4 Å². The lowest BCUT2D eigenvalue weighted by Gasteiger charge is -2.15. The third-order valence-corrected chi connectivity index (χ3v) is 2.70. The number of nitrogens with zero attached hydrogens (tertiary/aromatic N) is 1. The van der Waals surface area contributed by atoms with Crippen LogP contribution in [-0.4, -0.2) is 22.4 Å². The first-order chi connectivity index (χ1) is 8.90. The summed E-state index contributed by atoms with van der Waals surface area (Å²) in [5.41, 5.74) is -2.15. The number of hydrogen-bond acceptors (Lipinski definition) is 3. The van der Waals surface area contributed by atoms with Crippen molar-refractivity contribution < 1.29 is 41.0 Å². The molecule has 0 bridgehead atoms. The van der Waals surface area contributed by atoms with E-state index in [-0.39, 0.29) is 6.07 Å². The second kappa shape index (κ2) is 5.61. The van der Waals surface area contributed by atoms with Gasteiger partial charge in [-0.2, -0.15) is 13.2 Å². The van der Waals surface area contributed by atoms with Crippen molar-refractivity contribution in [1.82, 2.24) is 4.98 Å². The Labute approximate surface area is 120 Å². The highest BCUT2D eigenvalue weighted by Crippen LogP contribution is 2.36. The molecule has 0 amide bonds. The normalized spacial score (nSPS) is 12.3. The number of halogens is 7. The summed E-state index contributed by atoms with van der Waals surface area (Å²) in [6.07, 6.45) is -11.1. The van der Waals surface area contributed by atoms with Crippen molar-refractivity contribution in [3.63, 3.8) is 0 Å². The van der Waals surface area contributed by atoms with Crippen molar-refractivity contribution in [2.75, 3.05) is 0 Å². The molecule has 0 radical (unpaired) electrons. The Balaban J connectivity index is 3.36. The second-order valence-corrected chi connectivity index (χ2v) is 4.43. The Kier molecular flexibility index (Phi) is 4.71. The van der Waals surface area contributed by atoms with Crippen LogP contribution >= 0.6 is 22.6 Å². The second-order valence-electron chi connectivity index (χ2n) is 3.41. The lowest BCUT2D eigenvalue weighted by Crippen LogP contribution is -2.21. The molecule has 0 unspecified atom stereocenters. The van der Waals surface area contributed by atoms with Gasteiger partial charge in [0.25, 0.3) is 0 Å². The third-order valence-electron chi connectivity index (χ3n) is 1.87. The minimum absolute atomic E-state index is 0.282. The van der Waals surface area contributed by atoms with E-state index in [1.165, 1.54) is 0 Å². The van der Waals surface area contributed by atoms with Crippen LogP contribution in [0.5, 0.6) is 5.88 Å². The molecule has 0 saturated heterocycles.